The van der Waals surface area contributed by atoms with Crippen molar-refractivity contribution in [1.29, 1.82) is 0 Å². The van der Waals surface area contributed by atoms with Crippen LogP contribution >= 0.6 is 24.0 Å². The van der Waals surface area contributed by atoms with Crippen LogP contribution < -0.4 is 10.6 Å². The molecule has 0 aromatic heterocycles. The molecule has 0 aliphatic carbocycles. The zero-order chi connectivity index (χ0) is 18.8. The van der Waals surface area contributed by atoms with Crippen molar-refractivity contribution in [3.63, 3.8) is 0 Å². The minimum absolute atomic E-state index is 0. The molecule has 1 aromatic carbocycles. The first-order chi connectivity index (χ1) is 12.6. The summed E-state index contributed by atoms with van der Waals surface area (Å²) in [6.45, 7) is 7.80. The van der Waals surface area contributed by atoms with Crippen LogP contribution in [-0.4, -0.2) is 61.2 Å². The molecule has 1 heterocycles. The van der Waals surface area contributed by atoms with Gasteiger partial charge in [-0.2, -0.15) is 0 Å². The average Bonchev–Trinajstić information content (AvgIpc) is 3.02. The quantitative estimate of drug-likeness (QED) is 0.282. The molecule has 1 aliphatic rings. The number of hydrogen-bond donors (Lipinski definition) is 3. The number of benzene rings is 1. The van der Waals surface area contributed by atoms with Gasteiger partial charge in [0.15, 0.2) is 5.96 Å². The highest BCUT2D eigenvalue weighted by Crippen LogP contribution is 2.17. The van der Waals surface area contributed by atoms with E-state index in [0.717, 1.165) is 38.6 Å². The van der Waals surface area contributed by atoms with Crippen LogP contribution in [0.5, 0.6) is 0 Å². The van der Waals surface area contributed by atoms with Crippen molar-refractivity contribution in [2.24, 2.45) is 16.8 Å². The van der Waals surface area contributed by atoms with Crippen LogP contribution in [0, 0.1) is 11.8 Å². The van der Waals surface area contributed by atoms with Crippen molar-refractivity contribution >= 4 is 35.8 Å². The summed E-state index contributed by atoms with van der Waals surface area (Å²) < 4.78 is 0. The summed E-state index contributed by atoms with van der Waals surface area (Å²) >= 11 is 0. The normalized spacial score (nSPS) is 18.2. The summed E-state index contributed by atoms with van der Waals surface area (Å²) in [7, 11) is 0. The number of likely N-dealkylation sites (tertiary alicyclic amines) is 1. The number of rotatable bonds is 9. The van der Waals surface area contributed by atoms with Gasteiger partial charge in [0.05, 0.1) is 0 Å². The molecule has 2 atom stereocenters. The standard InChI is InChI=1S/C20H32N4O2.HI/c1-3-21-20(22-12-16(2)15-25)23-13-18-11-19(26)24(14-18)10-9-17-7-5-4-6-8-17;/h4-8,16,18,25H,3,9-15H2,1-2H3,(H2,21,22,23);1H. The number of hydrogen-bond acceptors (Lipinski definition) is 3. The molecule has 0 spiro atoms. The number of aliphatic hydroxyl groups excluding tert-OH is 1. The first-order valence-electron chi connectivity index (χ1n) is 9.57. The molecule has 2 rings (SSSR count). The van der Waals surface area contributed by atoms with Crippen LogP contribution in [0.15, 0.2) is 35.3 Å². The minimum atomic E-state index is 0. The fraction of sp³-hybridized carbons (Fsp3) is 0.600. The van der Waals surface area contributed by atoms with Crippen LogP contribution in [0.2, 0.25) is 0 Å². The number of aliphatic imine (C=N–C) groups is 1. The van der Waals surface area contributed by atoms with Gasteiger partial charge in [0, 0.05) is 51.7 Å². The molecular weight excluding hydrogens is 455 g/mol. The highest BCUT2D eigenvalue weighted by molar-refractivity contribution is 14.0. The zero-order valence-corrected chi connectivity index (χ0v) is 18.7. The monoisotopic (exact) mass is 488 g/mol. The van der Waals surface area contributed by atoms with Gasteiger partial charge in [0.25, 0.3) is 0 Å². The summed E-state index contributed by atoms with van der Waals surface area (Å²) in [4.78, 5) is 18.7. The molecule has 1 aliphatic heterocycles. The van der Waals surface area contributed by atoms with Crippen LogP contribution in [0.25, 0.3) is 0 Å². The molecule has 27 heavy (non-hydrogen) atoms. The molecule has 0 saturated carbocycles. The van der Waals surface area contributed by atoms with Gasteiger partial charge in [-0.15, -0.1) is 24.0 Å². The maximum absolute atomic E-state index is 12.3. The number of nitrogens with one attached hydrogen (secondary N) is 2. The molecule has 2 unspecified atom stereocenters. The Morgan fingerprint density at radius 2 is 2.07 bits per heavy atom. The van der Waals surface area contributed by atoms with Crippen LogP contribution in [0.3, 0.4) is 0 Å². The second kappa shape index (κ2) is 12.9. The largest absolute Gasteiger partial charge is 0.396 e. The number of carbonyl (C=O) groups excluding carboxylic acids is 1. The Kier molecular flexibility index (Phi) is 11.3. The first-order valence-corrected chi connectivity index (χ1v) is 9.57. The summed E-state index contributed by atoms with van der Waals surface area (Å²) in [5, 5.41) is 15.7. The van der Waals surface area contributed by atoms with Gasteiger partial charge in [0.1, 0.15) is 0 Å². The van der Waals surface area contributed by atoms with E-state index >= 15 is 0 Å². The molecule has 0 radical (unpaired) electrons. The van der Waals surface area contributed by atoms with E-state index in [9.17, 15) is 4.79 Å². The molecule has 1 amide bonds. The maximum Gasteiger partial charge on any atom is 0.223 e. The fourth-order valence-electron chi connectivity index (χ4n) is 3.00. The van der Waals surface area contributed by atoms with Crippen molar-refractivity contribution in [2.75, 3.05) is 39.3 Å². The molecule has 152 valence electrons. The molecule has 1 aromatic rings. The Morgan fingerprint density at radius 1 is 1.33 bits per heavy atom. The average molecular weight is 488 g/mol. The van der Waals surface area contributed by atoms with Crippen molar-refractivity contribution < 1.29 is 9.90 Å². The maximum atomic E-state index is 12.3. The van der Waals surface area contributed by atoms with Gasteiger partial charge in [-0.3, -0.25) is 9.79 Å². The Hall–Kier alpha value is -1.35. The van der Waals surface area contributed by atoms with Crippen LogP contribution in [0.4, 0.5) is 0 Å². The lowest BCUT2D eigenvalue weighted by atomic mass is 10.1. The van der Waals surface area contributed by atoms with Crippen LogP contribution in [-0.2, 0) is 11.2 Å². The lowest BCUT2D eigenvalue weighted by Gasteiger charge is -2.18. The summed E-state index contributed by atoms with van der Waals surface area (Å²) in [5.41, 5.74) is 1.27. The Morgan fingerprint density at radius 3 is 2.74 bits per heavy atom. The van der Waals surface area contributed by atoms with E-state index in [-0.39, 0.29) is 42.4 Å². The summed E-state index contributed by atoms with van der Waals surface area (Å²) in [6.07, 6.45) is 1.49. The predicted molar refractivity (Wildman–Crippen MR) is 120 cm³/mol. The van der Waals surface area contributed by atoms with E-state index in [1.54, 1.807) is 0 Å². The summed E-state index contributed by atoms with van der Waals surface area (Å²) in [6, 6.07) is 10.3. The summed E-state index contributed by atoms with van der Waals surface area (Å²) in [5.74, 6) is 1.44. The van der Waals surface area contributed by atoms with Gasteiger partial charge in [-0.1, -0.05) is 37.3 Å². The molecule has 7 heteroatoms. The Balaban J connectivity index is 0.00000364. The number of halogens is 1. The molecular formula is C20H33IN4O2. The van der Waals surface area contributed by atoms with E-state index < -0.39 is 0 Å². The highest BCUT2D eigenvalue weighted by atomic mass is 127. The van der Waals surface area contributed by atoms with Gasteiger partial charge in [-0.25, -0.2) is 0 Å². The van der Waals surface area contributed by atoms with Crippen molar-refractivity contribution in [2.45, 2.75) is 26.7 Å². The smallest absolute Gasteiger partial charge is 0.223 e. The third kappa shape index (κ3) is 8.47. The molecule has 1 saturated heterocycles. The second-order valence-corrected chi connectivity index (χ2v) is 7.03. The van der Waals surface area contributed by atoms with Gasteiger partial charge in [0.2, 0.25) is 5.91 Å². The second-order valence-electron chi connectivity index (χ2n) is 7.03. The van der Waals surface area contributed by atoms with Crippen molar-refractivity contribution in [1.82, 2.24) is 15.5 Å². The molecule has 0 bridgehead atoms. The molecule has 3 N–H and O–H groups in total. The molecule has 6 nitrogen and oxygen atoms in total. The third-order valence-corrected chi connectivity index (χ3v) is 4.58. The fourth-order valence-corrected chi connectivity index (χ4v) is 3.00. The van der Waals surface area contributed by atoms with E-state index in [0.29, 0.717) is 18.9 Å². The van der Waals surface area contributed by atoms with E-state index in [4.69, 9.17) is 5.11 Å². The van der Waals surface area contributed by atoms with Gasteiger partial charge < -0.3 is 20.6 Å². The Bertz CT molecular complexity index is 583. The Labute approximate surface area is 179 Å². The number of amides is 1. The lowest BCUT2D eigenvalue weighted by molar-refractivity contribution is -0.127. The SMILES string of the molecule is CCNC(=NCC(C)CO)NCC1CC(=O)N(CCc2ccccc2)C1.I. The highest BCUT2D eigenvalue weighted by Gasteiger charge is 2.29. The number of nitrogens with zero attached hydrogens (tertiary/aromatic N) is 2. The number of guanidine groups is 1. The predicted octanol–water partition coefficient (Wildman–Crippen LogP) is 1.88. The van der Waals surface area contributed by atoms with Crippen molar-refractivity contribution in [3.05, 3.63) is 35.9 Å². The van der Waals surface area contributed by atoms with E-state index in [1.165, 1.54) is 5.56 Å². The lowest BCUT2D eigenvalue weighted by Crippen LogP contribution is -2.40. The first kappa shape index (κ1) is 23.7. The molecule has 1 fully saturated rings. The van der Waals surface area contributed by atoms with E-state index in [2.05, 4.69) is 27.8 Å². The van der Waals surface area contributed by atoms with Gasteiger partial charge >= 0.3 is 0 Å². The zero-order valence-electron chi connectivity index (χ0n) is 16.4. The topological polar surface area (TPSA) is 77.0 Å². The third-order valence-electron chi connectivity index (χ3n) is 4.58. The van der Waals surface area contributed by atoms with Crippen molar-refractivity contribution in [3.8, 4) is 0 Å². The van der Waals surface area contributed by atoms with Crippen LogP contribution in [0.1, 0.15) is 25.8 Å². The van der Waals surface area contributed by atoms with Gasteiger partial charge in [-0.05, 0) is 24.8 Å². The van der Waals surface area contributed by atoms with E-state index in [1.807, 2.05) is 36.9 Å². The number of carbonyl (C=O) groups is 1. The minimum Gasteiger partial charge on any atom is -0.396 e. The number of aliphatic hydroxyl groups is 1.